The first-order valence-electron chi connectivity index (χ1n) is 7.46. The van der Waals surface area contributed by atoms with Crippen LogP contribution in [0, 0.1) is 0 Å². The van der Waals surface area contributed by atoms with Crippen LogP contribution in [0.2, 0.25) is 0 Å². The molecule has 24 heavy (non-hydrogen) atoms. The van der Waals surface area contributed by atoms with Crippen molar-refractivity contribution in [2.75, 3.05) is 10.7 Å². The molecule has 1 fully saturated rings. The fraction of sp³-hybridized carbons (Fsp3) is 0.176. The maximum atomic E-state index is 12.5. The normalized spacial score (nSPS) is 16.8. The Morgan fingerprint density at radius 1 is 1.08 bits per heavy atom. The van der Waals surface area contributed by atoms with E-state index in [1.165, 1.54) is 4.90 Å². The standard InChI is InChI=1S/C17H16N2O3S2/c1-2-13-8-10-15(11-9-13)24(21,22)18-17-19(16(20)12-23-17)14-6-4-3-5-7-14/h3-11H,2,12H2,1H3/b18-17+. The quantitative estimate of drug-likeness (QED) is 0.840. The van der Waals surface area contributed by atoms with Crippen LogP contribution in [0.4, 0.5) is 5.69 Å². The van der Waals surface area contributed by atoms with Gasteiger partial charge in [-0.15, -0.1) is 4.40 Å². The van der Waals surface area contributed by atoms with Crippen LogP contribution >= 0.6 is 11.8 Å². The molecule has 1 saturated heterocycles. The lowest BCUT2D eigenvalue weighted by molar-refractivity contribution is -0.115. The Labute approximate surface area is 145 Å². The van der Waals surface area contributed by atoms with Crippen LogP contribution in [-0.4, -0.2) is 25.2 Å². The van der Waals surface area contributed by atoms with E-state index in [0.29, 0.717) is 5.69 Å². The first-order chi connectivity index (χ1) is 11.5. The Morgan fingerprint density at radius 3 is 2.38 bits per heavy atom. The van der Waals surface area contributed by atoms with E-state index in [9.17, 15) is 13.2 Å². The van der Waals surface area contributed by atoms with E-state index in [4.69, 9.17) is 0 Å². The predicted molar refractivity (Wildman–Crippen MR) is 96.8 cm³/mol. The average Bonchev–Trinajstić information content (AvgIpc) is 2.95. The van der Waals surface area contributed by atoms with Crippen molar-refractivity contribution in [3.8, 4) is 0 Å². The molecule has 0 atom stereocenters. The van der Waals surface area contributed by atoms with Crippen LogP contribution in [0.25, 0.3) is 0 Å². The van der Waals surface area contributed by atoms with Gasteiger partial charge in [-0.25, -0.2) is 0 Å². The van der Waals surface area contributed by atoms with Gasteiger partial charge in [-0.05, 0) is 36.2 Å². The highest BCUT2D eigenvalue weighted by Crippen LogP contribution is 2.28. The molecule has 1 amide bonds. The topological polar surface area (TPSA) is 66.8 Å². The zero-order valence-electron chi connectivity index (χ0n) is 13.0. The van der Waals surface area contributed by atoms with Crippen LogP contribution in [-0.2, 0) is 21.2 Å². The first kappa shape index (κ1) is 16.7. The van der Waals surface area contributed by atoms with Gasteiger partial charge in [0.25, 0.3) is 10.0 Å². The molecule has 0 radical (unpaired) electrons. The summed E-state index contributed by atoms with van der Waals surface area (Å²) >= 11 is 1.13. The SMILES string of the molecule is CCc1ccc(S(=O)(=O)/N=C2/SCC(=O)N2c2ccccc2)cc1. The Bertz CT molecular complexity index is 876. The fourth-order valence-corrected chi connectivity index (χ4v) is 4.41. The molecule has 0 unspecified atom stereocenters. The summed E-state index contributed by atoms with van der Waals surface area (Å²) in [6.07, 6.45) is 0.834. The molecule has 0 aliphatic carbocycles. The van der Waals surface area contributed by atoms with Gasteiger partial charge in [0.1, 0.15) is 0 Å². The van der Waals surface area contributed by atoms with Crippen molar-refractivity contribution in [3.63, 3.8) is 0 Å². The van der Waals surface area contributed by atoms with Crippen LogP contribution in [0.1, 0.15) is 12.5 Å². The highest BCUT2D eigenvalue weighted by Gasteiger charge is 2.31. The number of hydrogen-bond acceptors (Lipinski definition) is 4. The van der Waals surface area contributed by atoms with E-state index in [1.54, 1.807) is 48.5 Å². The van der Waals surface area contributed by atoms with Crippen molar-refractivity contribution < 1.29 is 13.2 Å². The summed E-state index contributed by atoms with van der Waals surface area (Å²) in [5.74, 6) is -0.000593. The van der Waals surface area contributed by atoms with Gasteiger partial charge < -0.3 is 0 Å². The second-order valence-electron chi connectivity index (χ2n) is 5.20. The largest absolute Gasteiger partial charge is 0.284 e. The van der Waals surface area contributed by atoms with Crippen molar-refractivity contribution in [1.29, 1.82) is 0 Å². The summed E-state index contributed by atoms with van der Waals surface area (Å²) in [6, 6.07) is 15.6. The molecule has 0 saturated carbocycles. The molecule has 1 heterocycles. The maximum absolute atomic E-state index is 12.5. The second kappa shape index (κ2) is 6.78. The molecule has 1 aliphatic heterocycles. The molecule has 124 valence electrons. The third kappa shape index (κ3) is 3.37. The van der Waals surface area contributed by atoms with Crippen molar-refractivity contribution in [2.45, 2.75) is 18.2 Å². The number of rotatable bonds is 4. The summed E-state index contributed by atoms with van der Waals surface area (Å²) in [5, 5.41) is 0.186. The smallest absolute Gasteiger partial charge is 0.273 e. The van der Waals surface area contributed by atoms with Crippen molar-refractivity contribution in [3.05, 3.63) is 60.2 Å². The van der Waals surface area contributed by atoms with Crippen LogP contribution in [0.15, 0.2) is 63.9 Å². The average molecular weight is 360 g/mol. The number of amides is 1. The van der Waals surface area contributed by atoms with E-state index < -0.39 is 10.0 Å². The summed E-state index contributed by atoms with van der Waals surface area (Å²) in [7, 11) is -3.86. The molecule has 2 aromatic rings. The third-order valence-corrected chi connectivity index (χ3v) is 5.93. The first-order valence-corrected chi connectivity index (χ1v) is 9.88. The van der Waals surface area contributed by atoms with Gasteiger partial charge >= 0.3 is 0 Å². The molecule has 0 aromatic heterocycles. The number of thioether (sulfide) groups is 1. The molecule has 0 bridgehead atoms. The molecule has 2 aromatic carbocycles. The maximum Gasteiger partial charge on any atom is 0.284 e. The number of benzene rings is 2. The number of para-hydroxylation sites is 1. The number of nitrogens with zero attached hydrogens (tertiary/aromatic N) is 2. The number of carbonyl (C=O) groups is 1. The minimum absolute atomic E-state index is 0.125. The van der Waals surface area contributed by atoms with E-state index in [1.807, 2.05) is 13.0 Å². The Balaban J connectivity index is 1.97. The monoisotopic (exact) mass is 360 g/mol. The number of sulfonamides is 1. The van der Waals surface area contributed by atoms with Gasteiger partial charge in [-0.3, -0.25) is 9.69 Å². The van der Waals surface area contributed by atoms with Crippen LogP contribution in [0.3, 0.4) is 0 Å². The van der Waals surface area contributed by atoms with Crippen molar-refractivity contribution in [2.24, 2.45) is 4.40 Å². The predicted octanol–water partition coefficient (Wildman–Crippen LogP) is 3.07. The number of aryl methyl sites for hydroxylation is 1. The zero-order valence-corrected chi connectivity index (χ0v) is 14.7. The van der Waals surface area contributed by atoms with E-state index in [2.05, 4.69) is 4.40 Å². The summed E-state index contributed by atoms with van der Waals surface area (Å²) in [4.78, 5) is 13.6. The van der Waals surface area contributed by atoms with Crippen LogP contribution < -0.4 is 4.90 Å². The lowest BCUT2D eigenvalue weighted by Crippen LogP contribution is -2.29. The van der Waals surface area contributed by atoms with Gasteiger partial charge in [-0.1, -0.05) is 49.0 Å². The molecule has 3 rings (SSSR count). The molecular weight excluding hydrogens is 344 g/mol. The summed E-state index contributed by atoms with van der Waals surface area (Å²) in [6.45, 7) is 2.00. The minimum Gasteiger partial charge on any atom is -0.273 e. The Morgan fingerprint density at radius 2 is 1.75 bits per heavy atom. The second-order valence-corrected chi connectivity index (χ2v) is 7.75. The fourth-order valence-electron chi connectivity index (χ4n) is 2.31. The van der Waals surface area contributed by atoms with Gasteiger partial charge in [0, 0.05) is 0 Å². The number of amidine groups is 1. The van der Waals surface area contributed by atoms with Crippen LogP contribution in [0.5, 0.6) is 0 Å². The molecule has 0 spiro atoms. The number of anilines is 1. The molecule has 1 aliphatic rings. The molecule has 5 nitrogen and oxygen atoms in total. The molecule has 0 N–H and O–H groups in total. The molecular formula is C17H16N2O3S2. The number of hydrogen-bond donors (Lipinski definition) is 0. The minimum atomic E-state index is -3.86. The summed E-state index contributed by atoms with van der Waals surface area (Å²) in [5.41, 5.74) is 1.67. The number of carbonyl (C=O) groups excluding carboxylic acids is 1. The summed E-state index contributed by atoms with van der Waals surface area (Å²) < 4.78 is 29.0. The van der Waals surface area contributed by atoms with Gasteiger partial charge in [0.15, 0.2) is 5.17 Å². The lowest BCUT2D eigenvalue weighted by Gasteiger charge is -2.15. The van der Waals surface area contributed by atoms with E-state index in [-0.39, 0.29) is 21.7 Å². The van der Waals surface area contributed by atoms with Gasteiger partial charge in [0.2, 0.25) is 5.91 Å². The van der Waals surface area contributed by atoms with E-state index >= 15 is 0 Å². The van der Waals surface area contributed by atoms with Crippen molar-refractivity contribution in [1.82, 2.24) is 0 Å². The highest BCUT2D eigenvalue weighted by atomic mass is 32.2. The Hall–Kier alpha value is -2.12. The zero-order chi connectivity index (χ0) is 17.2. The Kier molecular flexibility index (Phi) is 4.73. The lowest BCUT2D eigenvalue weighted by atomic mass is 10.2. The van der Waals surface area contributed by atoms with E-state index in [0.717, 1.165) is 23.7 Å². The van der Waals surface area contributed by atoms with Crippen molar-refractivity contribution >= 4 is 38.5 Å². The van der Waals surface area contributed by atoms with Gasteiger partial charge in [-0.2, -0.15) is 8.42 Å². The third-order valence-electron chi connectivity index (χ3n) is 3.61. The van der Waals surface area contributed by atoms with Gasteiger partial charge in [0.05, 0.1) is 16.3 Å². The highest BCUT2D eigenvalue weighted by molar-refractivity contribution is 8.16. The molecule has 7 heteroatoms.